The molecule has 1 aromatic heterocycles. The van der Waals surface area contributed by atoms with Gasteiger partial charge in [-0.15, -0.1) is 0 Å². The molecule has 2 heterocycles. The van der Waals surface area contributed by atoms with Gasteiger partial charge in [0.1, 0.15) is 11.5 Å². The molecule has 0 amide bonds. The zero-order valence-corrected chi connectivity index (χ0v) is 10.8. The van der Waals surface area contributed by atoms with Crippen LogP contribution < -0.4 is 0 Å². The Hall–Kier alpha value is -1.16. The maximum absolute atomic E-state index is 11.4. The first kappa shape index (κ1) is 12.3. The van der Waals surface area contributed by atoms with E-state index in [0.29, 0.717) is 5.78 Å². The zero-order chi connectivity index (χ0) is 12.4. The van der Waals surface area contributed by atoms with Crippen molar-refractivity contribution in [2.45, 2.75) is 40.2 Å². The fourth-order valence-electron chi connectivity index (χ4n) is 2.48. The minimum atomic E-state index is 0.212. The molecule has 1 atom stereocenters. The Bertz CT molecular complexity index is 392. The van der Waals surface area contributed by atoms with Gasteiger partial charge in [0, 0.05) is 24.6 Å². The van der Waals surface area contributed by atoms with Crippen LogP contribution in [-0.2, 0) is 11.3 Å². The predicted molar refractivity (Wildman–Crippen MR) is 64.7 cm³/mol. The molecule has 1 unspecified atom stereocenters. The summed E-state index contributed by atoms with van der Waals surface area (Å²) in [6, 6.07) is 0. The molecule has 2 rings (SSSR count). The van der Waals surface area contributed by atoms with E-state index in [0.717, 1.165) is 43.9 Å². The van der Waals surface area contributed by atoms with Gasteiger partial charge >= 0.3 is 0 Å². The molecule has 94 valence electrons. The molecule has 0 N–H and O–H groups in total. The number of rotatable bonds is 3. The number of Topliss-reactive ketones (excluding diaryl/α,β-unsaturated/α-hetero) is 1. The first-order valence-electron chi connectivity index (χ1n) is 6.22. The lowest BCUT2D eigenvalue weighted by Crippen LogP contribution is -2.37. The van der Waals surface area contributed by atoms with Crippen molar-refractivity contribution in [3.05, 3.63) is 17.0 Å². The van der Waals surface area contributed by atoms with E-state index >= 15 is 0 Å². The van der Waals surface area contributed by atoms with Gasteiger partial charge in [0.2, 0.25) is 0 Å². The van der Waals surface area contributed by atoms with Crippen molar-refractivity contribution in [1.82, 2.24) is 10.1 Å². The molecule has 4 heteroatoms. The van der Waals surface area contributed by atoms with Gasteiger partial charge in [0.15, 0.2) is 0 Å². The van der Waals surface area contributed by atoms with Gasteiger partial charge in [0.25, 0.3) is 0 Å². The van der Waals surface area contributed by atoms with E-state index in [1.165, 1.54) is 5.56 Å². The summed E-state index contributed by atoms with van der Waals surface area (Å²) in [6.45, 7) is 8.40. The van der Waals surface area contributed by atoms with Gasteiger partial charge in [0.05, 0.1) is 5.69 Å². The topological polar surface area (TPSA) is 46.3 Å². The Kier molecular flexibility index (Phi) is 3.62. The van der Waals surface area contributed by atoms with Gasteiger partial charge < -0.3 is 4.52 Å². The highest BCUT2D eigenvalue weighted by molar-refractivity contribution is 5.78. The summed E-state index contributed by atoms with van der Waals surface area (Å²) in [7, 11) is 0. The second-order valence-electron chi connectivity index (χ2n) is 4.99. The van der Waals surface area contributed by atoms with E-state index in [2.05, 4.69) is 10.1 Å². The van der Waals surface area contributed by atoms with Crippen LogP contribution in [0.1, 0.15) is 36.8 Å². The van der Waals surface area contributed by atoms with Crippen molar-refractivity contribution < 1.29 is 9.32 Å². The summed E-state index contributed by atoms with van der Waals surface area (Å²) in [4.78, 5) is 13.8. The van der Waals surface area contributed by atoms with Crippen LogP contribution in [0.5, 0.6) is 0 Å². The summed E-state index contributed by atoms with van der Waals surface area (Å²) in [6.07, 6.45) is 2.14. The van der Waals surface area contributed by atoms with Crippen LogP contribution >= 0.6 is 0 Å². The van der Waals surface area contributed by atoms with E-state index in [1.54, 1.807) is 6.92 Å². The molecule has 1 fully saturated rings. The quantitative estimate of drug-likeness (QED) is 0.806. The minimum absolute atomic E-state index is 0.212. The van der Waals surface area contributed by atoms with Crippen LogP contribution in [0.15, 0.2) is 4.52 Å². The van der Waals surface area contributed by atoms with E-state index in [-0.39, 0.29) is 5.92 Å². The molecule has 0 bridgehead atoms. The van der Waals surface area contributed by atoms with Gasteiger partial charge in [-0.05, 0) is 40.2 Å². The van der Waals surface area contributed by atoms with Crippen molar-refractivity contribution in [3.8, 4) is 0 Å². The first-order valence-corrected chi connectivity index (χ1v) is 6.22. The largest absolute Gasteiger partial charge is 0.361 e. The average molecular weight is 236 g/mol. The SMILES string of the molecule is CC(=O)C1CCCN(Cc2c(C)noc2C)C1. The normalized spacial score (nSPS) is 21.7. The maximum atomic E-state index is 11.4. The number of hydrogen-bond donors (Lipinski definition) is 0. The van der Waals surface area contributed by atoms with Crippen LogP contribution in [0, 0.1) is 19.8 Å². The Morgan fingerprint density at radius 2 is 2.29 bits per heavy atom. The fraction of sp³-hybridized carbons (Fsp3) is 0.692. The van der Waals surface area contributed by atoms with Crippen LogP contribution in [0.3, 0.4) is 0 Å². The molecule has 1 aromatic rings. The van der Waals surface area contributed by atoms with Gasteiger partial charge in [-0.1, -0.05) is 5.16 Å². The minimum Gasteiger partial charge on any atom is -0.361 e. The van der Waals surface area contributed by atoms with Crippen molar-refractivity contribution in [2.24, 2.45) is 5.92 Å². The highest BCUT2D eigenvalue weighted by atomic mass is 16.5. The predicted octanol–water partition coefficient (Wildman–Crippen LogP) is 2.09. The number of aromatic nitrogens is 1. The zero-order valence-electron chi connectivity index (χ0n) is 10.8. The lowest BCUT2D eigenvalue weighted by Gasteiger charge is -2.31. The molecule has 1 aliphatic rings. The molecule has 0 spiro atoms. The molecule has 17 heavy (non-hydrogen) atoms. The van der Waals surface area contributed by atoms with Crippen LogP contribution in [0.25, 0.3) is 0 Å². The fourth-order valence-corrected chi connectivity index (χ4v) is 2.48. The van der Waals surface area contributed by atoms with Gasteiger partial charge in [-0.3, -0.25) is 9.69 Å². The van der Waals surface area contributed by atoms with E-state index in [9.17, 15) is 4.79 Å². The number of aryl methyl sites for hydroxylation is 2. The van der Waals surface area contributed by atoms with Gasteiger partial charge in [-0.25, -0.2) is 0 Å². The number of nitrogens with zero attached hydrogens (tertiary/aromatic N) is 2. The summed E-state index contributed by atoms with van der Waals surface area (Å²) >= 11 is 0. The van der Waals surface area contributed by atoms with Crippen molar-refractivity contribution in [3.63, 3.8) is 0 Å². The average Bonchev–Trinajstić information content (AvgIpc) is 2.61. The molecule has 0 radical (unpaired) electrons. The maximum Gasteiger partial charge on any atom is 0.138 e. The molecule has 4 nitrogen and oxygen atoms in total. The Morgan fingerprint density at radius 1 is 1.53 bits per heavy atom. The summed E-state index contributed by atoms with van der Waals surface area (Å²) in [5.41, 5.74) is 2.14. The molecule has 0 saturated carbocycles. The second-order valence-corrected chi connectivity index (χ2v) is 4.99. The van der Waals surface area contributed by atoms with Gasteiger partial charge in [-0.2, -0.15) is 0 Å². The monoisotopic (exact) mass is 236 g/mol. The van der Waals surface area contributed by atoms with E-state index < -0.39 is 0 Å². The molecular weight excluding hydrogens is 216 g/mol. The lowest BCUT2D eigenvalue weighted by atomic mass is 9.94. The number of likely N-dealkylation sites (tertiary alicyclic amines) is 1. The van der Waals surface area contributed by atoms with Crippen molar-refractivity contribution >= 4 is 5.78 Å². The number of ketones is 1. The third kappa shape index (κ3) is 2.75. The number of carbonyl (C=O) groups excluding carboxylic acids is 1. The molecular formula is C13H20N2O2. The Balaban J connectivity index is 2.02. The molecule has 0 aliphatic carbocycles. The van der Waals surface area contributed by atoms with Crippen molar-refractivity contribution in [1.29, 1.82) is 0 Å². The standard InChI is InChI=1S/C13H20N2O2/c1-9-13(11(3)17-14-9)8-15-6-4-5-12(7-15)10(2)16/h12H,4-8H2,1-3H3. The number of hydrogen-bond acceptors (Lipinski definition) is 4. The van der Waals surface area contributed by atoms with E-state index in [4.69, 9.17) is 4.52 Å². The summed E-state index contributed by atoms with van der Waals surface area (Å²) in [5, 5.41) is 3.97. The third-order valence-electron chi connectivity index (χ3n) is 3.64. The third-order valence-corrected chi connectivity index (χ3v) is 3.64. The second kappa shape index (κ2) is 5.00. The van der Waals surface area contributed by atoms with Crippen molar-refractivity contribution in [2.75, 3.05) is 13.1 Å². The van der Waals surface area contributed by atoms with Crippen LogP contribution in [0.2, 0.25) is 0 Å². The highest BCUT2D eigenvalue weighted by Crippen LogP contribution is 2.21. The van der Waals surface area contributed by atoms with E-state index in [1.807, 2.05) is 13.8 Å². The molecule has 0 aromatic carbocycles. The lowest BCUT2D eigenvalue weighted by molar-refractivity contribution is -0.122. The smallest absolute Gasteiger partial charge is 0.138 e. The molecule has 1 saturated heterocycles. The Morgan fingerprint density at radius 3 is 2.88 bits per heavy atom. The summed E-state index contributed by atoms with van der Waals surface area (Å²) in [5.74, 6) is 1.42. The first-order chi connectivity index (χ1) is 8.08. The highest BCUT2D eigenvalue weighted by Gasteiger charge is 2.24. The Labute approximate surface area is 102 Å². The summed E-state index contributed by atoms with van der Waals surface area (Å²) < 4.78 is 5.17. The van der Waals surface area contributed by atoms with Crippen LogP contribution in [-0.4, -0.2) is 28.9 Å². The molecule has 1 aliphatic heterocycles. The van der Waals surface area contributed by atoms with Crippen LogP contribution in [0.4, 0.5) is 0 Å². The number of carbonyl (C=O) groups is 1. The number of piperidine rings is 1.